The van der Waals surface area contributed by atoms with Crippen molar-refractivity contribution in [2.24, 2.45) is 5.92 Å². The summed E-state index contributed by atoms with van der Waals surface area (Å²) in [7, 11) is 3.13. The molecule has 166 valence electrons. The maximum atomic E-state index is 13.5. The van der Waals surface area contributed by atoms with E-state index in [-0.39, 0.29) is 24.4 Å². The summed E-state index contributed by atoms with van der Waals surface area (Å²) in [6.45, 7) is 4.31. The lowest BCUT2D eigenvalue weighted by atomic mass is 9.91. The van der Waals surface area contributed by atoms with Crippen LogP contribution in [0.4, 0.5) is 14.9 Å². The van der Waals surface area contributed by atoms with Gasteiger partial charge in [-0.2, -0.15) is 0 Å². The Bertz CT molecular complexity index is 964. The zero-order chi connectivity index (χ0) is 22.5. The number of nitrogens with zero attached hydrogens (tertiary/aromatic N) is 1. The van der Waals surface area contributed by atoms with Gasteiger partial charge in [0, 0.05) is 24.7 Å². The van der Waals surface area contributed by atoms with E-state index in [1.165, 1.54) is 18.2 Å². The van der Waals surface area contributed by atoms with E-state index in [1.54, 1.807) is 25.2 Å². The van der Waals surface area contributed by atoms with Crippen LogP contribution in [0.5, 0.6) is 11.5 Å². The molecule has 0 aromatic heterocycles. The van der Waals surface area contributed by atoms with Crippen LogP contribution < -0.4 is 20.1 Å². The molecule has 2 aromatic carbocycles. The molecule has 1 aliphatic heterocycles. The molecule has 1 unspecified atom stereocenters. The molecule has 0 fully saturated rings. The van der Waals surface area contributed by atoms with Gasteiger partial charge in [0.05, 0.1) is 20.3 Å². The zero-order valence-electron chi connectivity index (χ0n) is 18.2. The van der Waals surface area contributed by atoms with Crippen LogP contribution >= 0.6 is 0 Å². The number of methoxy groups -OCH3 is 2. The van der Waals surface area contributed by atoms with Crippen molar-refractivity contribution < 1.29 is 23.5 Å². The van der Waals surface area contributed by atoms with Gasteiger partial charge in [-0.15, -0.1) is 0 Å². The van der Waals surface area contributed by atoms with Crippen LogP contribution in [0.3, 0.4) is 0 Å². The SMILES string of the molecule is COc1cc2c(cc1OC)C(CNC(=O)C(C)C)N(C(=O)Nc1cccc(F)c1)CC2. The summed E-state index contributed by atoms with van der Waals surface area (Å²) in [6, 6.07) is 8.72. The average Bonchev–Trinajstić information content (AvgIpc) is 2.75. The van der Waals surface area contributed by atoms with E-state index in [4.69, 9.17) is 9.47 Å². The predicted octanol–water partition coefficient (Wildman–Crippen LogP) is 3.75. The molecule has 1 atom stereocenters. The number of urea groups is 1. The minimum atomic E-state index is -0.431. The van der Waals surface area contributed by atoms with E-state index < -0.39 is 11.9 Å². The van der Waals surface area contributed by atoms with Gasteiger partial charge in [0.15, 0.2) is 11.5 Å². The number of benzene rings is 2. The molecule has 0 bridgehead atoms. The van der Waals surface area contributed by atoms with Gasteiger partial charge < -0.3 is 25.0 Å². The molecule has 0 spiro atoms. The number of fused-ring (bicyclic) bond motifs is 1. The van der Waals surface area contributed by atoms with E-state index in [2.05, 4.69) is 10.6 Å². The fourth-order valence-electron chi connectivity index (χ4n) is 3.65. The fraction of sp³-hybridized carbons (Fsp3) is 0.391. The van der Waals surface area contributed by atoms with Crippen LogP contribution in [0, 0.1) is 11.7 Å². The molecule has 7 nitrogen and oxygen atoms in total. The highest BCUT2D eigenvalue weighted by Gasteiger charge is 2.32. The molecule has 31 heavy (non-hydrogen) atoms. The van der Waals surface area contributed by atoms with Crippen molar-refractivity contribution >= 4 is 17.6 Å². The van der Waals surface area contributed by atoms with Crippen LogP contribution in [0.2, 0.25) is 0 Å². The van der Waals surface area contributed by atoms with Crippen molar-refractivity contribution in [3.05, 3.63) is 53.3 Å². The number of carbonyl (C=O) groups is 2. The number of carbonyl (C=O) groups excluding carboxylic acids is 2. The Balaban J connectivity index is 1.92. The lowest BCUT2D eigenvalue weighted by Crippen LogP contribution is -2.47. The van der Waals surface area contributed by atoms with Crippen molar-refractivity contribution in [2.75, 3.05) is 32.6 Å². The molecule has 0 saturated carbocycles. The normalized spacial score (nSPS) is 15.3. The lowest BCUT2D eigenvalue weighted by Gasteiger charge is -2.38. The zero-order valence-corrected chi connectivity index (χ0v) is 18.2. The standard InChI is InChI=1S/C23H28FN3O4/c1-14(2)22(28)25-13-19-18-12-21(31-4)20(30-3)10-15(18)8-9-27(19)23(29)26-17-7-5-6-16(24)11-17/h5-7,10-12,14,19H,8-9,13H2,1-4H3,(H,25,28)(H,26,29). The Morgan fingerprint density at radius 3 is 2.52 bits per heavy atom. The van der Waals surface area contributed by atoms with E-state index in [0.29, 0.717) is 30.2 Å². The largest absolute Gasteiger partial charge is 0.493 e. The first kappa shape index (κ1) is 22.4. The van der Waals surface area contributed by atoms with Crippen molar-refractivity contribution in [3.63, 3.8) is 0 Å². The molecule has 2 N–H and O–H groups in total. The number of nitrogens with one attached hydrogen (secondary N) is 2. The van der Waals surface area contributed by atoms with Gasteiger partial charge in [-0.1, -0.05) is 19.9 Å². The Morgan fingerprint density at radius 1 is 1.16 bits per heavy atom. The summed E-state index contributed by atoms with van der Waals surface area (Å²) < 4.78 is 24.4. The topological polar surface area (TPSA) is 79.9 Å². The van der Waals surface area contributed by atoms with E-state index >= 15 is 0 Å². The Hall–Kier alpha value is -3.29. The number of amides is 3. The highest BCUT2D eigenvalue weighted by atomic mass is 19.1. The van der Waals surface area contributed by atoms with Gasteiger partial charge in [-0.25, -0.2) is 9.18 Å². The number of ether oxygens (including phenoxy) is 2. The predicted molar refractivity (Wildman–Crippen MR) is 116 cm³/mol. The minimum Gasteiger partial charge on any atom is -0.493 e. The Labute approximate surface area is 181 Å². The molecular formula is C23H28FN3O4. The third-order valence-electron chi connectivity index (χ3n) is 5.33. The smallest absolute Gasteiger partial charge is 0.322 e. The molecule has 0 saturated heterocycles. The third-order valence-corrected chi connectivity index (χ3v) is 5.33. The van der Waals surface area contributed by atoms with E-state index in [9.17, 15) is 14.0 Å². The number of hydrogen-bond acceptors (Lipinski definition) is 4. The van der Waals surface area contributed by atoms with Crippen molar-refractivity contribution in [2.45, 2.75) is 26.3 Å². The maximum absolute atomic E-state index is 13.5. The van der Waals surface area contributed by atoms with Gasteiger partial charge in [-0.3, -0.25) is 4.79 Å². The number of hydrogen-bond donors (Lipinski definition) is 2. The Morgan fingerprint density at radius 2 is 1.87 bits per heavy atom. The molecule has 2 aromatic rings. The Kier molecular flexibility index (Phi) is 6.99. The van der Waals surface area contributed by atoms with Gasteiger partial charge in [0.25, 0.3) is 0 Å². The van der Waals surface area contributed by atoms with Crippen LogP contribution in [-0.2, 0) is 11.2 Å². The highest BCUT2D eigenvalue weighted by Crippen LogP contribution is 2.38. The second-order valence-corrected chi connectivity index (χ2v) is 7.71. The molecule has 8 heteroatoms. The van der Waals surface area contributed by atoms with Crippen molar-refractivity contribution in [3.8, 4) is 11.5 Å². The average molecular weight is 429 g/mol. The first-order valence-corrected chi connectivity index (χ1v) is 10.2. The number of rotatable bonds is 6. The van der Waals surface area contributed by atoms with E-state index in [1.807, 2.05) is 26.0 Å². The van der Waals surface area contributed by atoms with E-state index in [0.717, 1.165) is 11.1 Å². The van der Waals surface area contributed by atoms with Crippen LogP contribution in [-0.4, -0.2) is 44.1 Å². The maximum Gasteiger partial charge on any atom is 0.322 e. The second kappa shape index (κ2) is 9.68. The summed E-state index contributed by atoms with van der Waals surface area (Å²) in [5, 5.41) is 5.68. The molecule has 0 aliphatic carbocycles. The fourth-order valence-corrected chi connectivity index (χ4v) is 3.65. The molecule has 0 radical (unpaired) electrons. The number of halogens is 1. The molecule has 3 amide bonds. The van der Waals surface area contributed by atoms with Gasteiger partial charge in [0.1, 0.15) is 5.82 Å². The molecular weight excluding hydrogens is 401 g/mol. The van der Waals surface area contributed by atoms with Crippen molar-refractivity contribution in [1.82, 2.24) is 10.2 Å². The quantitative estimate of drug-likeness (QED) is 0.733. The third kappa shape index (κ3) is 5.07. The van der Waals surface area contributed by atoms with Gasteiger partial charge in [-0.05, 0) is 47.9 Å². The summed E-state index contributed by atoms with van der Waals surface area (Å²) in [5.74, 6) is 0.457. The summed E-state index contributed by atoms with van der Waals surface area (Å²) in [5.41, 5.74) is 2.27. The van der Waals surface area contributed by atoms with Gasteiger partial charge >= 0.3 is 6.03 Å². The van der Waals surface area contributed by atoms with Crippen LogP contribution in [0.15, 0.2) is 36.4 Å². The number of anilines is 1. The van der Waals surface area contributed by atoms with Gasteiger partial charge in [0.2, 0.25) is 5.91 Å². The molecule has 1 heterocycles. The first-order valence-electron chi connectivity index (χ1n) is 10.2. The van der Waals surface area contributed by atoms with Crippen LogP contribution in [0.1, 0.15) is 31.0 Å². The van der Waals surface area contributed by atoms with Crippen molar-refractivity contribution in [1.29, 1.82) is 0 Å². The summed E-state index contributed by atoms with van der Waals surface area (Å²) in [6.07, 6.45) is 0.612. The second-order valence-electron chi connectivity index (χ2n) is 7.71. The summed E-state index contributed by atoms with van der Waals surface area (Å²) in [4.78, 5) is 26.9. The van der Waals surface area contributed by atoms with Crippen LogP contribution in [0.25, 0.3) is 0 Å². The first-order chi connectivity index (χ1) is 14.8. The molecule has 1 aliphatic rings. The molecule has 3 rings (SSSR count). The minimum absolute atomic E-state index is 0.0990. The highest BCUT2D eigenvalue weighted by molar-refractivity contribution is 5.90. The summed E-state index contributed by atoms with van der Waals surface area (Å²) >= 11 is 0. The lowest BCUT2D eigenvalue weighted by molar-refractivity contribution is -0.124. The monoisotopic (exact) mass is 429 g/mol.